The molecule has 3 rings (SSSR count). The maximum absolute atomic E-state index is 11.2. The van der Waals surface area contributed by atoms with Crippen LogP contribution in [0.25, 0.3) is 0 Å². The van der Waals surface area contributed by atoms with Gasteiger partial charge < -0.3 is 15.5 Å². The molecule has 0 aliphatic rings. The lowest BCUT2D eigenvalue weighted by atomic mass is 10.2. The van der Waals surface area contributed by atoms with Gasteiger partial charge in [-0.25, -0.2) is 9.97 Å². The van der Waals surface area contributed by atoms with Crippen molar-refractivity contribution in [2.24, 2.45) is 0 Å². The fourth-order valence-electron chi connectivity index (χ4n) is 2.67. The second kappa shape index (κ2) is 8.11. The Morgan fingerprint density at radius 3 is 2.50 bits per heavy atom. The Kier molecular flexibility index (Phi) is 5.43. The van der Waals surface area contributed by atoms with Crippen molar-refractivity contribution in [1.82, 2.24) is 9.97 Å². The van der Waals surface area contributed by atoms with Crippen LogP contribution in [0.2, 0.25) is 0 Å². The van der Waals surface area contributed by atoms with Crippen LogP contribution in [-0.2, 0) is 4.79 Å². The van der Waals surface area contributed by atoms with Crippen molar-refractivity contribution in [2.45, 2.75) is 13.8 Å². The molecule has 6 nitrogen and oxygen atoms in total. The first kappa shape index (κ1) is 17.4. The number of hydrogen-bond donors (Lipinski definition) is 2. The molecule has 0 bridgehead atoms. The van der Waals surface area contributed by atoms with Gasteiger partial charge >= 0.3 is 0 Å². The molecule has 6 heteroatoms. The van der Waals surface area contributed by atoms with Gasteiger partial charge in [-0.05, 0) is 37.3 Å². The number of para-hydroxylation sites is 1. The molecule has 3 aromatic rings. The van der Waals surface area contributed by atoms with E-state index in [2.05, 4.69) is 44.6 Å². The van der Waals surface area contributed by atoms with Gasteiger partial charge in [0.1, 0.15) is 18.0 Å². The fraction of sp³-hybridized carbons (Fsp3) is 0.150. The van der Waals surface area contributed by atoms with Crippen LogP contribution in [0.15, 0.2) is 67.0 Å². The zero-order chi connectivity index (χ0) is 18.4. The number of aromatic nitrogens is 2. The summed E-state index contributed by atoms with van der Waals surface area (Å²) >= 11 is 0. The van der Waals surface area contributed by atoms with Gasteiger partial charge in [0.15, 0.2) is 0 Å². The summed E-state index contributed by atoms with van der Waals surface area (Å²) in [4.78, 5) is 22.0. The molecule has 2 aromatic carbocycles. The second-order valence-electron chi connectivity index (χ2n) is 5.73. The van der Waals surface area contributed by atoms with Crippen LogP contribution in [0.5, 0.6) is 0 Å². The van der Waals surface area contributed by atoms with Gasteiger partial charge in [-0.1, -0.05) is 24.3 Å². The summed E-state index contributed by atoms with van der Waals surface area (Å²) in [7, 11) is 0. The summed E-state index contributed by atoms with van der Waals surface area (Å²) in [6, 6.07) is 19.5. The van der Waals surface area contributed by atoms with Crippen LogP contribution in [0.1, 0.15) is 13.8 Å². The number of anilines is 5. The van der Waals surface area contributed by atoms with E-state index in [0.29, 0.717) is 5.82 Å². The highest BCUT2D eigenvalue weighted by molar-refractivity contribution is 5.89. The molecule has 1 amide bonds. The van der Waals surface area contributed by atoms with Gasteiger partial charge in [0, 0.05) is 36.6 Å². The minimum absolute atomic E-state index is 0.104. The normalized spacial score (nSPS) is 10.2. The smallest absolute Gasteiger partial charge is 0.221 e. The Bertz CT molecular complexity index is 882. The average Bonchev–Trinajstić information content (AvgIpc) is 2.63. The van der Waals surface area contributed by atoms with E-state index in [9.17, 15) is 4.79 Å². The lowest BCUT2D eigenvalue weighted by molar-refractivity contribution is -0.114. The van der Waals surface area contributed by atoms with E-state index in [1.54, 1.807) is 6.33 Å². The number of rotatable bonds is 6. The third kappa shape index (κ3) is 4.36. The van der Waals surface area contributed by atoms with Crippen LogP contribution in [0.4, 0.5) is 28.7 Å². The molecule has 2 N–H and O–H groups in total. The second-order valence-corrected chi connectivity index (χ2v) is 5.73. The Labute approximate surface area is 152 Å². The third-order valence-electron chi connectivity index (χ3n) is 3.77. The molecule has 1 heterocycles. The quantitative estimate of drug-likeness (QED) is 0.694. The molecule has 0 atom stereocenters. The van der Waals surface area contributed by atoms with Crippen LogP contribution in [0.3, 0.4) is 0 Å². The van der Waals surface area contributed by atoms with E-state index in [-0.39, 0.29) is 5.91 Å². The lowest BCUT2D eigenvalue weighted by Gasteiger charge is -2.22. The van der Waals surface area contributed by atoms with Crippen molar-refractivity contribution in [3.63, 3.8) is 0 Å². The molecular formula is C20H21N5O. The number of nitrogens with one attached hydrogen (secondary N) is 2. The molecule has 0 aliphatic heterocycles. The summed E-state index contributed by atoms with van der Waals surface area (Å²) in [6.45, 7) is 4.36. The first-order chi connectivity index (χ1) is 12.7. The molecule has 132 valence electrons. The van der Waals surface area contributed by atoms with E-state index < -0.39 is 0 Å². The molecule has 0 spiro atoms. The topological polar surface area (TPSA) is 70.2 Å². The van der Waals surface area contributed by atoms with E-state index in [1.165, 1.54) is 6.92 Å². The van der Waals surface area contributed by atoms with E-state index in [4.69, 9.17) is 0 Å². The number of amides is 1. The van der Waals surface area contributed by atoms with E-state index in [1.807, 2.05) is 48.5 Å². The van der Waals surface area contributed by atoms with Crippen molar-refractivity contribution in [1.29, 1.82) is 0 Å². The van der Waals surface area contributed by atoms with Crippen LogP contribution < -0.4 is 15.5 Å². The summed E-state index contributed by atoms with van der Waals surface area (Å²) in [5, 5.41) is 6.03. The predicted molar refractivity (Wildman–Crippen MR) is 105 cm³/mol. The number of benzene rings is 2. The summed E-state index contributed by atoms with van der Waals surface area (Å²) in [6.07, 6.45) is 1.54. The highest BCUT2D eigenvalue weighted by Gasteiger charge is 2.09. The average molecular weight is 347 g/mol. The van der Waals surface area contributed by atoms with Crippen LogP contribution in [0, 0.1) is 0 Å². The predicted octanol–water partition coefficient (Wildman–Crippen LogP) is 4.34. The minimum Gasteiger partial charge on any atom is -0.340 e. The molecule has 0 fully saturated rings. The van der Waals surface area contributed by atoms with Crippen molar-refractivity contribution >= 4 is 34.6 Å². The van der Waals surface area contributed by atoms with Crippen molar-refractivity contribution < 1.29 is 4.79 Å². The van der Waals surface area contributed by atoms with Crippen LogP contribution >= 0.6 is 0 Å². The number of hydrogen-bond acceptors (Lipinski definition) is 5. The SMILES string of the molecule is CCN(c1ccccc1)c1cc(Nc2cccc(NC(C)=O)c2)ncn1. The Hall–Kier alpha value is -3.41. The van der Waals surface area contributed by atoms with Crippen molar-refractivity contribution in [2.75, 3.05) is 22.1 Å². The third-order valence-corrected chi connectivity index (χ3v) is 3.77. The van der Waals surface area contributed by atoms with Gasteiger partial charge in [0.2, 0.25) is 5.91 Å². The summed E-state index contributed by atoms with van der Waals surface area (Å²) < 4.78 is 0. The molecule has 0 radical (unpaired) electrons. The molecular weight excluding hydrogens is 326 g/mol. The zero-order valence-corrected chi connectivity index (χ0v) is 14.8. The Balaban J connectivity index is 1.82. The molecule has 26 heavy (non-hydrogen) atoms. The minimum atomic E-state index is -0.104. The first-order valence-corrected chi connectivity index (χ1v) is 8.45. The Morgan fingerprint density at radius 1 is 1.00 bits per heavy atom. The highest BCUT2D eigenvalue weighted by Crippen LogP contribution is 2.25. The monoisotopic (exact) mass is 347 g/mol. The molecule has 0 saturated carbocycles. The van der Waals surface area contributed by atoms with Gasteiger partial charge in [-0.15, -0.1) is 0 Å². The maximum Gasteiger partial charge on any atom is 0.221 e. The van der Waals surface area contributed by atoms with Crippen LogP contribution in [-0.4, -0.2) is 22.4 Å². The van der Waals surface area contributed by atoms with Gasteiger partial charge in [-0.3, -0.25) is 4.79 Å². The zero-order valence-electron chi connectivity index (χ0n) is 14.8. The summed E-state index contributed by atoms with van der Waals surface area (Å²) in [5.41, 5.74) is 2.65. The van der Waals surface area contributed by atoms with Gasteiger partial charge in [0.25, 0.3) is 0 Å². The largest absolute Gasteiger partial charge is 0.340 e. The fourth-order valence-corrected chi connectivity index (χ4v) is 2.67. The summed E-state index contributed by atoms with van der Waals surface area (Å²) in [5.74, 6) is 1.39. The molecule has 1 aromatic heterocycles. The molecule has 0 unspecified atom stereocenters. The lowest BCUT2D eigenvalue weighted by Crippen LogP contribution is -2.17. The van der Waals surface area contributed by atoms with Crippen molar-refractivity contribution in [3.8, 4) is 0 Å². The molecule has 0 saturated heterocycles. The molecule has 0 aliphatic carbocycles. The number of carbonyl (C=O) groups is 1. The van der Waals surface area contributed by atoms with Crippen molar-refractivity contribution in [3.05, 3.63) is 67.0 Å². The van der Waals surface area contributed by atoms with E-state index in [0.717, 1.165) is 29.4 Å². The highest BCUT2D eigenvalue weighted by atomic mass is 16.1. The standard InChI is InChI=1S/C20H21N5O/c1-3-25(18-10-5-4-6-11-18)20-13-19(21-14-22-20)24-17-9-7-8-16(12-17)23-15(2)26/h4-14H,3H2,1-2H3,(H,23,26)(H,21,22,24). The van der Waals surface area contributed by atoms with Gasteiger partial charge in [0.05, 0.1) is 0 Å². The Morgan fingerprint density at radius 2 is 1.77 bits per heavy atom. The number of nitrogens with zero attached hydrogens (tertiary/aromatic N) is 3. The van der Waals surface area contributed by atoms with Gasteiger partial charge in [-0.2, -0.15) is 0 Å². The number of carbonyl (C=O) groups excluding carboxylic acids is 1. The maximum atomic E-state index is 11.2. The van der Waals surface area contributed by atoms with E-state index >= 15 is 0 Å². The first-order valence-electron chi connectivity index (χ1n) is 8.45.